The molecule has 0 aromatic heterocycles. The van der Waals surface area contributed by atoms with Crippen LogP contribution in [-0.4, -0.2) is 25.7 Å². The van der Waals surface area contributed by atoms with Gasteiger partial charge in [-0.25, -0.2) is 0 Å². The maximum Gasteiger partial charge on any atom is 0.00673 e. The van der Waals surface area contributed by atoms with Gasteiger partial charge in [0.2, 0.25) is 0 Å². The molecule has 2 N–H and O–H groups in total. The smallest absolute Gasteiger partial charge is 0.00673 e. The quantitative estimate of drug-likeness (QED) is 0.676. The van der Waals surface area contributed by atoms with E-state index < -0.39 is 0 Å². The van der Waals surface area contributed by atoms with E-state index in [2.05, 4.69) is 17.6 Å². The summed E-state index contributed by atoms with van der Waals surface area (Å²) in [6, 6.07) is 0.816. The lowest BCUT2D eigenvalue weighted by atomic mass is 9.72. The zero-order valence-corrected chi connectivity index (χ0v) is 8.73. The van der Waals surface area contributed by atoms with E-state index in [9.17, 15) is 0 Å². The molecule has 1 heterocycles. The molecule has 0 amide bonds. The molecule has 1 spiro atoms. The summed E-state index contributed by atoms with van der Waals surface area (Å²) in [5.41, 5.74) is 0.700. The molecule has 1 saturated carbocycles. The monoisotopic (exact) mass is 182 g/mol. The minimum absolute atomic E-state index is 0.700. The lowest BCUT2D eigenvalue weighted by Crippen LogP contribution is -2.38. The molecule has 1 saturated heterocycles. The van der Waals surface area contributed by atoms with Gasteiger partial charge >= 0.3 is 0 Å². The van der Waals surface area contributed by atoms with Gasteiger partial charge in [-0.1, -0.05) is 6.92 Å². The van der Waals surface area contributed by atoms with Crippen molar-refractivity contribution < 1.29 is 0 Å². The topological polar surface area (TPSA) is 24.1 Å². The fraction of sp³-hybridized carbons (Fsp3) is 1.00. The van der Waals surface area contributed by atoms with Crippen LogP contribution in [0, 0.1) is 5.41 Å². The summed E-state index contributed by atoms with van der Waals surface area (Å²) in [6.45, 7) is 5.88. The van der Waals surface area contributed by atoms with Crippen molar-refractivity contribution in [1.82, 2.24) is 10.6 Å². The fourth-order valence-electron chi connectivity index (χ4n) is 2.95. The van der Waals surface area contributed by atoms with E-state index in [4.69, 9.17) is 0 Å². The molecule has 1 aliphatic carbocycles. The van der Waals surface area contributed by atoms with Crippen LogP contribution in [0.2, 0.25) is 0 Å². The molecular formula is C11H22N2. The summed E-state index contributed by atoms with van der Waals surface area (Å²) in [5.74, 6) is 0. The van der Waals surface area contributed by atoms with Gasteiger partial charge in [-0.2, -0.15) is 0 Å². The van der Waals surface area contributed by atoms with E-state index in [1.807, 2.05) is 0 Å². The molecule has 2 aliphatic rings. The van der Waals surface area contributed by atoms with Crippen LogP contribution in [0.5, 0.6) is 0 Å². The van der Waals surface area contributed by atoms with Crippen molar-refractivity contribution in [2.75, 3.05) is 19.6 Å². The van der Waals surface area contributed by atoms with Crippen molar-refractivity contribution >= 4 is 0 Å². The summed E-state index contributed by atoms with van der Waals surface area (Å²) in [5, 5.41) is 7.08. The Morgan fingerprint density at radius 2 is 2.08 bits per heavy atom. The summed E-state index contributed by atoms with van der Waals surface area (Å²) in [4.78, 5) is 0. The van der Waals surface area contributed by atoms with Crippen LogP contribution in [0.4, 0.5) is 0 Å². The molecule has 0 atom stereocenters. The van der Waals surface area contributed by atoms with Crippen molar-refractivity contribution in [3.8, 4) is 0 Å². The second-order valence-corrected chi connectivity index (χ2v) is 4.76. The van der Waals surface area contributed by atoms with Crippen LogP contribution in [0.25, 0.3) is 0 Å². The summed E-state index contributed by atoms with van der Waals surface area (Å²) < 4.78 is 0. The number of rotatable bonds is 2. The first-order valence-corrected chi connectivity index (χ1v) is 5.79. The van der Waals surface area contributed by atoms with Crippen LogP contribution < -0.4 is 10.6 Å². The number of nitrogens with one attached hydrogen (secondary N) is 2. The molecule has 13 heavy (non-hydrogen) atoms. The summed E-state index contributed by atoms with van der Waals surface area (Å²) in [6.07, 6.45) is 7.10. The Balaban J connectivity index is 1.81. The molecule has 0 aromatic rings. The van der Waals surface area contributed by atoms with E-state index in [1.54, 1.807) is 0 Å². The highest BCUT2D eigenvalue weighted by molar-refractivity contribution is 4.93. The lowest BCUT2D eigenvalue weighted by molar-refractivity contribution is 0.185. The van der Waals surface area contributed by atoms with E-state index in [1.165, 1.54) is 45.2 Å². The van der Waals surface area contributed by atoms with Gasteiger partial charge in [0.25, 0.3) is 0 Å². The van der Waals surface area contributed by atoms with E-state index >= 15 is 0 Å². The van der Waals surface area contributed by atoms with Gasteiger partial charge in [0.15, 0.2) is 0 Å². The highest BCUT2D eigenvalue weighted by atomic mass is 14.9. The Kier molecular flexibility index (Phi) is 2.89. The Morgan fingerprint density at radius 3 is 2.62 bits per heavy atom. The van der Waals surface area contributed by atoms with Crippen LogP contribution in [0.1, 0.15) is 39.0 Å². The third kappa shape index (κ3) is 2.05. The molecule has 0 radical (unpaired) electrons. The average Bonchev–Trinajstić information content (AvgIpc) is 2.59. The maximum absolute atomic E-state index is 3.57. The molecule has 2 nitrogen and oxygen atoms in total. The Bertz CT molecular complexity index is 151. The average molecular weight is 182 g/mol. The van der Waals surface area contributed by atoms with Crippen molar-refractivity contribution in [2.24, 2.45) is 5.41 Å². The van der Waals surface area contributed by atoms with Gasteiger partial charge in [-0.05, 0) is 50.6 Å². The van der Waals surface area contributed by atoms with E-state index in [0.717, 1.165) is 12.6 Å². The van der Waals surface area contributed by atoms with Crippen molar-refractivity contribution in [2.45, 2.75) is 45.1 Å². The van der Waals surface area contributed by atoms with Gasteiger partial charge in [-0.15, -0.1) is 0 Å². The normalized spacial score (nSPS) is 39.9. The van der Waals surface area contributed by atoms with Crippen LogP contribution >= 0.6 is 0 Å². The van der Waals surface area contributed by atoms with Crippen LogP contribution in [-0.2, 0) is 0 Å². The molecule has 0 unspecified atom stereocenters. The van der Waals surface area contributed by atoms with Crippen molar-refractivity contribution in [1.29, 1.82) is 0 Å². The third-order valence-corrected chi connectivity index (χ3v) is 3.87. The van der Waals surface area contributed by atoms with E-state index in [-0.39, 0.29) is 0 Å². The first-order chi connectivity index (χ1) is 6.35. The van der Waals surface area contributed by atoms with Crippen LogP contribution in [0.15, 0.2) is 0 Å². The molecule has 1 aliphatic heterocycles. The molecule has 2 rings (SSSR count). The standard InChI is InChI=1S/C11H22N2/c1-2-13-10-3-5-11(6-4-10)7-8-12-9-11/h10,12-13H,2-9H2,1H3. The third-order valence-electron chi connectivity index (χ3n) is 3.87. The Morgan fingerprint density at radius 1 is 1.31 bits per heavy atom. The van der Waals surface area contributed by atoms with Crippen molar-refractivity contribution in [3.05, 3.63) is 0 Å². The van der Waals surface area contributed by atoms with Gasteiger partial charge in [0, 0.05) is 12.6 Å². The summed E-state index contributed by atoms with van der Waals surface area (Å²) >= 11 is 0. The summed E-state index contributed by atoms with van der Waals surface area (Å²) in [7, 11) is 0. The maximum atomic E-state index is 3.57. The second-order valence-electron chi connectivity index (χ2n) is 4.76. The SMILES string of the molecule is CCNC1CCC2(CCNC2)CC1. The molecule has 2 heteroatoms. The van der Waals surface area contributed by atoms with Gasteiger partial charge in [0.05, 0.1) is 0 Å². The molecule has 0 aromatic carbocycles. The predicted molar refractivity (Wildman–Crippen MR) is 55.9 cm³/mol. The van der Waals surface area contributed by atoms with E-state index in [0.29, 0.717) is 5.41 Å². The molecular weight excluding hydrogens is 160 g/mol. The Hall–Kier alpha value is -0.0800. The van der Waals surface area contributed by atoms with Gasteiger partial charge < -0.3 is 10.6 Å². The zero-order valence-electron chi connectivity index (χ0n) is 8.73. The van der Waals surface area contributed by atoms with Gasteiger partial charge in [0.1, 0.15) is 0 Å². The minimum Gasteiger partial charge on any atom is -0.316 e. The van der Waals surface area contributed by atoms with Gasteiger partial charge in [-0.3, -0.25) is 0 Å². The van der Waals surface area contributed by atoms with Crippen molar-refractivity contribution in [3.63, 3.8) is 0 Å². The Labute approximate surface area is 81.5 Å². The first-order valence-electron chi connectivity index (χ1n) is 5.79. The molecule has 2 fully saturated rings. The van der Waals surface area contributed by atoms with Crippen LogP contribution in [0.3, 0.4) is 0 Å². The largest absolute Gasteiger partial charge is 0.316 e. The highest BCUT2D eigenvalue weighted by Crippen LogP contribution is 2.40. The molecule has 76 valence electrons. The second kappa shape index (κ2) is 3.97. The zero-order chi connectivity index (χ0) is 9.15. The molecule has 0 bridgehead atoms. The first kappa shape index (κ1) is 9.47. The number of hydrogen-bond acceptors (Lipinski definition) is 2. The minimum atomic E-state index is 0.700. The lowest BCUT2D eigenvalue weighted by Gasteiger charge is -2.36. The number of hydrogen-bond donors (Lipinski definition) is 2. The predicted octanol–water partition coefficient (Wildman–Crippen LogP) is 1.52. The fourth-order valence-corrected chi connectivity index (χ4v) is 2.95. The highest BCUT2D eigenvalue weighted by Gasteiger charge is 2.37.